The van der Waals surface area contributed by atoms with Crippen molar-refractivity contribution in [2.75, 3.05) is 0 Å². The Balaban J connectivity index is 0.000000141. The molecule has 0 aliphatic heterocycles. The van der Waals surface area contributed by atoms with Gasteiger partial charge in [-0.1, -0.05) is 11.6 Å². The quantitative estimate of drug-likeness (QED) is 0.418. The number of pyridine rings is 2. The van der Waals surface area contributed by atoms with E-state index in [1.54, 1.807) is 54.9 Å². The van der Waals surface area contributed by atoms with Gasteiger partial charge < -0.3 is 10.2 Å². The maximum atomic E-state index is 9.18. The van der Waals surface area contributed by atoms with Crippen LogP contribution in [0.2, 0.25) is 5.02 Å². The maximum Gasteiger partial charge on any atom is 0.116 e. The summed E-state index contributed by atoms with van der Waals surface area (Å²) >= 11 is 9.04. The molecule has 0 bridgehead atoms. The van der Waals surface area contributed by atoms with Gasteiger partial charge in [0.05, 0.1) is 16.1 Å². The molecule has 2 heterocycles. The van der Waals surface area contributed by atoms with Gasteiger partial charge in [0.15, 0.2) is 0 Å². The number of halogens is 2. The molecule has 0 amide bonds. The zero-order valence-electron chi connectivity index (χ0n) is 12.3. The lowest BCUT2D eigenvalue weighted by Gasteiger charge is -1.97. The molecule has 0 unspecified atom stereocenters. The first-order valence-corrected chi connectivity index (χ1v) is 8.17. The van der Waals surface area contributed by atoms with Gasteiger partial charge in [-0.2, -0.15) is 0 Å². The van der Waals surface area contributed by atoms with E-state index in [1.165, 1.54) is 0 Å². The third kappa shape index (κ3) is 3.93. The minimum Gasteiger partial charge on any atom is -0.508 e. The van der Waals surface area contributed by atoms with Gasteiger partial charge in [-0.25, -0.2) is 0 Å². The van der Waals surface area contributed by atoms with Gasteiger partial charge >= 0.3 is 0 Å². The normalized spacial score (nSPS) is 10.4. The minimum atomic E-state index is 0.228. The standard InChI is InChI=1S/C9H6BrNO.C9H6ClNO/c2*10-7-3-6-4-8(12)1-2-9(6)11-5-7/h2*1-5,12H. The predicted molar refractivity (Wildman–Crippen MR) is 99.5 cm³/mol. The summed E-state index contributed by atoms with van der Waals surface area (Å²) in [6.45, 7) is 0. The molecule has 0 aliphatic carbocycles. The summed E-state index contributed by atoms with van der Waals surface area (Å²) in [5.74, 6) is 0.494. The average Bonchev–Trinajstić information content (AvgIpc) is 2.54. The van der Waals surface area contributed by atoms with Crippen LogP contribution in [-0.2, 0) is 0 Å². The third-order valence-electron chi connectivity index (χ3n) is 3.26. The van der Waals surface area contributed by atoms with E-state index in [0.29, 0.717) is 5.02 Å². The summed E-state index contributed by atoms with van der Waals surface area (Å²) in [5, 5.41) is 20.7. The summed E-state index contributed by atoms with van der Waals surface area (Å²) in [7, 11) is 0. The van der Waals surface area contributed by atoms with Crippen molar-refractivity contribution in [3.05, 3.63) is 70.4 Å². The van der Waals surface area contributed by atoms with Crippen LogP contribution in [0.15, 0.2) is 65.4 Å². The number of hydrogen-bond acceptors (Lipinski definition) is 4. The second-order valence-corrected chi connectivity index (χ2v) is 6.41. The second-order valence-electron chi connectivity index (χ2n) is 5.06. The van der Waals surface area contributed by atoms with Crippen molar-refractivity contribution in [3.8, 4) is 11.5 Å². The number of nitrogens with zero attached hydrogens (tertiary/aromatic N) is 2. The lowest BCUT2D eigenvalue weighted by atomic mass is 10.2. The lowest BCUT2D eigenvalue weighted by Crippen LogP contribution is -1.77. The summed E-state index contributed by atoms with van der Waals surface area (Å²) in [6, 6.07) is 13.8. The molecule has 0 aliphatic rings. The fourth-order valence-electron chi connectivity index (χ4n) is 2.18. The largest absolute Gasteiger partial charge is 0.508 e. The predicted octanol–water partition coefficient (Wildman–Crippen LogP) is 5.30. The van der Waals surface area contributed by atoms with E-state index in [0.717, 1.165) is 26.3 Å². The van der Waals surface area contributed by atoms with Crippen LogP contribution in [0.1, 0.15) is 0 Å². The summed E-state index contributed by atoms with van der Waals surface area (Å²) in [5.41, 5.74) is 1.72. The number of rotatable bonds is 0. The highest BCUT2D eigenvalue weighted by Crippen LogP contribution is 2.21. The smallest absolute Gasteiger partial charge is 0.116 e. The zero-order chi connectivity index (χ0) is 17.1. The Morgan fingerprint density at radius 2 is 1.29 bits per heavy atom. The van der Waals surface area contributed by atoms with Crippen molar-refractivity contribution in [1.29, 1.82) is 0 Å². The monoisotopic (exact) mass is 402 g/mol. The number of benzene rings is 2. The molecule has 0 fully saturated rings. The van der Waals surface area contributed by atoms with Gasteiger partial charge in [0.2, 0.25) is 0 Å². The number of fused-ring (bicyclic) bond motifs is 2. The molecule has 120 valence electrons. The summed E-state index contributed by atoms with van der Waals surface area (Å²) in [6.07, 6.45) is 3.32. The highest BCUT2D eigenvalue weighted by Gasteiger charge is 1.97. The van der Waals surface area contributed by atoms with Crippen LogP contribution in [-0.4, -0.2) is 20.2 Å². The molecule has 0 spiro atoms. The van der Waals surface area contributed by atoms with E-state index in [9.17, 15) is 5.11 Å². The molecule has 6 heteroatoms. The molecular formula is C18H12BrClN2O2. The molecule has 4 aromatic rings. The molecule has 0 saturated carbocycles. The SMILES string of the molecule is Oc1ccc2ncc(Br)cc2c1.Oc1ccc2ncc(Cl)cc2c1. The third-order valence-corrected chi connectivity index (χ3v) is 3.90. The molecule has 2 aromatic heterocycles. The van der Waals surface area contributed by atoms with E-state index in [1.807, 2.05) is 6.07 Å². The molecule has 2 N–H and O–H groups in total. The fraction of sp³-hybridized carbons (Fsp3) is 0. The number of aromatic nitrogens is 2. The molecule has 4 nitrogen and oxygen atoms in total. The van der Waals surface area contributed by atoms with Gasteiger partial charge in [0.25, 0.3) is 0 Å². The van der Waals surface area contributed by atoms with Crippen LogP contribution >= 0.6 is 27.5 Å². The highest BCUT2D eigenvalue weighted by atomic mass is 79.9. The van der Waals surface area contributed by atoms with Crippen molar-refractivity contribution in [2.45, 2.75) is 0 Å². The van der Waals surface area contributed by atoms with E-state index in [-0.39, 0.29) is 11.5 Å². The van der Waals surface area contributed by atoms with Crippen molar-refractivity contribution in [2.24, 2.45) is 0 Å². The number of aromatic hydroxyl groups is 2. The number of phenolic OH excluding ortho intramolecular Hbond substituents is 2. The average molecular weight is 404 g/mol. The van der Waals surface area contributed by atoms with Gasteiger partial charge in [-0.15, -0.1) is 0 Å². The van der Waals surface area contributed by atoms with Crippen molar-refractivity contribution in [3.63, 3.8) is 0 Å². The molecule has 2 aromatic carbocycles. The van der Waals surface area contributed by atoms with Crippen molar-refractivity contribution >= 4 is 49.3 Å². The molecule has 4 rings (SSSR count). The molecule has 24 heavy (non-hydrogen) atoms. The van der Waals surface area contributed by atoms with Crippen LogP contribution in [0, 0.1) is 0 Å². The Kier molecular flexibility index (Phi) is 4.83. The molecular weight excluding hydrogens is 392 g/mol. The van der Waals surface area contributed by atoms with Crippen LogP contribution in [0.4, 0.5) is 0 Å². The van der Waals surface area contributed by atoms with Gasteiger partial charge in [-0.05, 0) is 64.5 Å². The van der Waals surface area contributed by atoms with E-state index >= 15 is 0 Å². The second kappa shape index (κ2) is 7.03. The topological polar surface area (TPSA) is 66.2 Å². The lowest BCUT2D eigenvalue weighted by molar-refractivity contribution is 0.475. The van der Waals surface area contributed by atoms with Crippen molar-refractivity contribution in [1.82, 2.24) is 9.97 Å². The Bertz CT molecular complexity index is 867. The Hall–Kier alpha value is -2.37. The van der Waals surface area contributed by atoms with E-state index in [4.69, 9.17) is 16.7 Å². The van der Waals surface area contributed by atoms with Gasteiger partial charge in [0, 0.05) is 27.6 Å². The van der Waals surface area contributed by atoms with Crippen LogP contribution in [0.25, 0.3) is 21.8 Å². The highest BCUT2D eigenvalue weighted by molar-refractivity contribution is 9.10. The first-order chi connectivity index (χ1) is 11.5. The molecule has 0 saturated heterocycles. The fourth-order valence-corrected chi connectivity index (χ4v) is 2.70. The van der Waals surface area contributed by atoms with Gasteiger partial charge in [0.1, 0.15) is 11.5 Å². The van der Waals surface area contributed by atoms with Crippen LogP contribution < -0.4 is 0 Å². The van der Waals surface area contributed by atoms with Gasteiger partial charge in [-0.3, -0.25) is 9.97 Å². The Morgan fingerprint density at radius 3 is 1.92 bits per heavy atom. The minimum absolute atomic E-state index is 0.228. The first-order valence-electron chi connectivity index (χ1n) is 7.00. The molecule has 0 radical (unpaired) electrons. The summed E-state index contributed by atoms with van der Waals surface area (Å²) < 4.78 is 0.917. The first kappa shape index (κ1) is 16.5. The van der Waals surface area contributed by atoms with Crippen molar-refractivity contribution < 1.29 is 10.2 Å². The Morgan fingerprint density at radius 1 is 0.750 bits per heavy atom. The maximum absolute atomic E-state index is 9.18. The van der Waals surface area contributed by atoms with E-state index < -0.39 is 0 Å². The Labute approximate surface area is 151 Å². The zero-order valence-corrected chi connectivity index (χ0v) is 14.7. The summed E-state index contributed by atoms with van der Waals surface area (Å²) in [4.78, 5) is 8.24. The van der Waals surface area contributed by atoms with Crippen LogP contribution in [0.3, 0.4) is 0 Å². The number of hydrogen-bond donors (Lipinski definition) is 2. The van der Waals surface area contributed by atoms with Crippen LogP contribution in [0.5, 0.6) is 11.5 Å². The number of phenols is 2. The van der Waals surface area contributed by atoms with E-state index in [2.05, 4.69) is 25.9 Å². The molecule has 0 atom stereocenters.